The predicted octanol–water partition coefficient (Wildman–Crippen LogP) is 1.82. The van der Waals surface area contributed by atoms with Crippen LogP contribution in [-0.2, 0) is 4.74 Å². The number of hydrogen-bond acceptors (Lipinski definition) is 5. The molecule has 1 heterocycles. The first-order chi connectivity index (χ1) is 9.67. The Hall–Kier alpha value is -1.62. The van der Waals surface area contributed by atoms with Crippen molar-refractivity contribution in [3.05, 3.63) is 23.9 Å². The second kappa shape index (κ2) is 6.70. The number of rotatable bonds is 4. The number of esters is 1. The fourth-order valence-corrected chi connectivity index (χ4v) is 3.00. The van der Waals surface area contributed by atoms with Crippen LogP contribution in [0.25, 0.3) is 0 Å². The van der Waals surface area contributed by atoms with Crippen LogP contribution in [0.15, 0.2) is 18.3 Å². The van der Waals surface area contributed by atoms with Gasteiger partial charge in [-0.1, -0.05) is 12.8 Å². The largest absolute Gasteiger partial charge is 0.465 e. The van der Waals surface area contributed by atoms with Gasteiger partial charge in [0.05, 0.1) is 12.7 Å². The van der Waals surface area contributed by atoms with E-state index in [1.165, 1.54) is 26.4 Å². The first-order valence-electron chi connectivity index (χ1n) is 7.14. The molecule has 1 aromatic heterocycles. The molecule has 0 bridgehead atoms. The number of anilines is 1. The van der Waals surface area contributed by atoms with Crippen molar-refractivity contribution in [2.24, 2.45) is 11.7 Å². The van der Waals surface area contributed by atoms with Crippen molar-refractivity contribution in [3.8, 4) is 0 Å². The Balaban J connectivity index is 2.19. The highest BCUT2D eigenvalue weighted by molar-refractivity contribution is 5.90. The van der Waals surface area contributed by atoms with Crippen molar-refractivity contribution in [3.63, 3.8) is 0 Å². The van der Waals surface area contributed by atoms with Gasteiger partial charge < -0.3 is 15.4 Å². The summed E-state index contributed by atoms with van der Waals surface area (Å²) in [6.45, 7) is 0.700. The molecule has 20 heavy (non-hydrogen) atoms. The van der Waals surface area contributed by atoms with E-state index in [2.05, 4.69) is 9.88 Å². The van der Waals surface area contributed by atoms with Crippen LogP contribution >= 0.6 is 0 Å². The van der Waals surface area contributed by atoms with Crippen molar-refractivity contribution in [2.75, 3.05) is 25.6 Å². The van der Waals surface area contributed by atoms with Crippen molar-refractivity contribution >= 4 is 11.8 Å². The smallest absolute Gasteiger partial charge is 0.338 e. The van der Waals surface area contributed by atoms with E-state index in [9.17, 15) is 4.79 Å². The number of ether oxygens (including phenoxy) is 1. The van der Waals surface area contributed by atoms with Crippen molar-refractivity contribution in [1.29, 1.82) is 0 Å². The van der Waals surface area contributed by atoms with Gasteiger partial charge in [0.25, 0.3) is 0 Å². The van der Waals surface area contributed by atoms with Crippen molar-refractivity contribution < 1.29 is 9.53 Å². The van der Waals surface area contributed by atoms with Crippen LogP contribution < -0.4 is 10.6 Å². The molecule has 5 heteroatoms. The molecule has 0 aliphatic heterocycles. The molecule has 1 fully saturated rings. The molecule has 0 spiro atoms. The highest BCUT2D eigenvalue weighted by Gasteiger charge is 2.28. The second-order valence-corrected chi connectivity index (χ2v) is 5.35. The Morgan fingerprint density at radius 1 is 1.50 bits per heavy atom. The van der Waals surface area contributed by atoms with E-state index in [1.54, 1.807) is 18.3 Å². The fraction of sp³-hybridized carbons (Fsp3) is 0.600. The third-order valence-electron chi connectivity index (χ3n) is 4.20. The molecule has 0 amide bonds. The van der Waals surface area contributed by atoms with E-state index >= 15 is 0 Å². The van der Waals surface area contributed by atoms with Gasteiger partial charge in [-0.3, -0.25) is 0 Å². The summed E-state index contributed by atoms with van der Waals surface area (Å²) in [6.07, 6.45) is 6.42. The highest BCUT2D eigenvalue weighted by Crippen LogP contribution is 2.29. The van der Waals surface area contributed by atoms with Gasteiger partial charge in [0.2, 0.25) is 0 Å². The van der Waals surface area contributed by atoms with Gasteiger partial charge in [-0.15, -0.1) is 0 Å². The lowest BCUT2D eigenvalue weighted by Crippen LogP contribution is -2.43. The third-order valence-corrected chi connectivity index (χ3v) is 4.20. The number of nitrogens with zero attached hydrogens (tertiary/aromatic N) is 2. The Labute approximate surface area is 120 Å². The van der Waals surface area contributed by atoms with Gasteiger partial charge >= 0.3 is 5.97 Å². The summed E-state index contributed by atoms with van der Waals surface area (Å²) in [5.41, 5.74) is 6.42. The average Bonchev–Trinajstić information content (AvgIpc) is 2.53. The number of pyridine rings is 1. The average molecular weight is 277 g/mol. The maximum absolute atomic E-state index is 11.6. The van der Waals surface area contributed by atoms with Crippen LogP contribution in [0.4, 0.5) is 5.82 Å². The molecule has 2 rings (SSSR count). The first-order valence-corrected chi connectivity index (χ1v) is 7.14. The fourth-order valence-electron chi connectivity index (χ4n) is 3.00. The Morgan fingerprint density at radius 3 is 2.95 bits per heavy atom. The number of methoxy groups -OCH3 is 1. The zero-order valence-electron chi connectivity index (χ0n) is 12.2. The maximum Gasteiger partial charge on any atom is 0.338 e. The van der Waals surface area contributed by atoms with Crippen LogP contribution in [0.5, 0.6) is 0 Å². The van der Waals surface area contributed by atoms with Crippen LogP contribution in [0.1, 0.15) is 36.0 Å². The molecule has 1 aliphatic rings. The van der Waals surface area contributed by atoms with E-state index in [4.69, 9.17) is 10.5 Å². The molecular weight excluding hydrogens is 254 g/mol. The summed E-state index contributed by atoms with van der Waals surface area (Å²) in [6, 6.07) is 3.85. The second-order valence-electron chi connectivity index (χ2n) is 5.35. The van der Waals surface area contributed by atoms with Crippen LogP contribution in [-0.4, -0.2) is 37.7 Å². The topological polar surface area (TPSA) is 68.5 Å². The van der Waals surface area contributed by atoms with Crippen molar-refractivity contribution in [2.45, 2.75) is 31.7 Å². The maximum atomic E-state index is 11.6. The minimum atomic E-state index is -0.332. The lowest BCUT2D eigenvalue weighted by atomic mass is 9.83. The normalized spacial score (nSPS) is 22.4. The molecule has 0 aromatic carbocycles. The van der Waals surface area contributed by atoms with E-state index in [0.717, 1.165) is 12.2 Å². The minimum Gasteiger partial charge on any atom is -0.465 e. The summed E-state index contributed by atoms with van der Waals surface area (Å²) in [4.78, 5) is 18.1. The molecular formula is C15H23N3O2. The van der Waals surface area contributed by atoms with E-state index < -0.39 is 0 Å². The molecule has 2 N–H and O–H groups in total. The van der Waals surface area contributed by atoms with E-state index in [0.29, 0.717) is 24.1 Å². The van der Waals surface area contributed by atoms with E-state index in [1.807, 2.05) is 7.05 Å². The summed E-state index contributed by atoms with van der Waals surface area (Å²) < 4.78 is 4.75. The summed E-state index contributed by atoms with van der Waals surface area (Å²) in [5.74, 6) is 0.969. The number of nitrogens with two attached hydrogens (primary N) is 1. The Kier molecular flexibility index (Phi) is 4.95. The minimum absolute atomic E-state index is 0.332. The highest BCUT2D eigenvalue weighted by atomic mass is 16.5. The lowest BCUT2D eigenvalue weighted by molar-refractivity contribution is 0.0600. The Bertz CT molecular complexity index is 464. The predicted molar refractivity (Wildman–Crippen MR) is 78.8 cm³/mol. The van der Waals surface area contributed by atoms with E-state index in [-0.39, 0.29) is 5.97 Å². The zero-order valence-corrected chi connectivity index (χ0v) is 12.2. The number of carbonyl (C=O) groups is 1. The first kappa shape index (κ1) is 14.8. The van der Waals surface area contributed by atoms with Gasteiger partial charge in [-0.25, -0.2) is 9.78 Å². The molecule has 2 atom stereocenters. The van der Waals surface area contributed by atoms with Gasteiger partial charge in [-0.2, -0.15) is 0 Å². The van der Waals surface area contributed by atoms with Gasteiger partial charge in [-0.05, 0) is 37.4 Å². The standard InChI is InChI=1S/C15H23N3O2/c1-18(13-6-4-3-5-12(13)10-16)14-9-11(7-8-17-14)15(19)20-2/h7-9,12-13H,3-6,10,16H2,1-2H3. The molecule has 0 radical (unpaired) electrons. The Morgan fingerprint density at radius 2 is 2.25 bits per heavy atom. The quantitative estimate of drug-likeness (QED) is 0.850. The summed E-state index contributed by atoms with van der Waals surface area (Å²) in [5, 5.41) is 0. The van der Waals surface area contributed by atoms with Crippen LogP contribution in [0.3, 0.4) is 0 Å². The number of hydrogen-bond donors (Lipinski definition) is 1. The molecule has 1 saturated carbocycles. The van der Waals surface area contributed by atoms with Gasteiger partial charge in [0, 0.05) is 19.3 Å². The van der Waals surface area contributed by atoms with Crippen LogP contribution in [0, 0.1) is 5.92 Å². The number of carbonyl (C=O) groups excluding carboxylic acids is 1. The molecule has 110 valence electrons. The molecule has 5 nitrogen and oxygen atoms in total. The molecule has 1 aliphatic carbocycles. The van der Waals surface area contributed by atoms with Gasteiger partial charge in [0.15, 0.2) is 0 Å². The molecule has 1 aromatic rings. The van der Waals surface area contributed by atoms with Crippen molar-refractivity contribution in [1.82, 2.24) is 4.98 Å². The SMILES string of the molecule is COC(=O)c1ccnc(N(C)C2CCCCC2CN)c1. The molecule has 2 unspecified atom stereocenters. The monoisotopic (exact) mass is 277 g/mol. The summed E-state index contributed by atoms with van der Waals surface area (Å²) in [7, 11) is 3.42. The summed E-state index contributed by atoms with van der Waals surface area (Å²) >= 11 is 0. The van der Waals surface area contributed by atoms with Crippen LogP contribution in [0.2, 0.25) is 0 Å². The molecule has 0 saturated heterocycles. The lowest BCUT2D eigenvalue weighted by Gasteiger charge is -2.38. The van der Waals surface area contributed by atoms with Gasteiger partial charge in [0.1, 0.15) is 5.82 Å². The third kappa shape index (κ3) is 3.10. The zero-order chi connectivity index (χ0) is 14.5. The number of aromatic nitrogens is 1.